The zero-order valence-corrected chi connectivity index (χ0v) is 28.9. The summed E-state index contributed by atoms with van der Waals surface area (Å²) in [5.41, 5.74) is 2.67. The van der Waals surface area contributed by atoms with Crippen molar-refractivity contribution in [1.82, 2.24) is 5.32 Å². The molecular weight excluding hydrogens is 562 g/mol. The fraction of sp³-hybridized carbons (Fsp3) is 0.718. The number of Topliss-reactive ketones (excluding diaryl/α,β-unsaturated/α-hetero) is 1. The molecule has 246 valence electrons. The fourth-order valence-corrected chi connectivity index (χ4v) is 12.1. The molecule has 0 heterocycles. The van der Waals surface area contributed by atoms with Crippen LogP contribution in [-0.4, -0.2) is 29.5 Å². The molecule has 0 saturated heterocycles. The van der Waals surface area contributed by atoms with E-state index in [2.05, 4.69) is 53.8 Å². The van der Waals surface area contributed by atoms with Crippen LogP contribution < -0.4 is 5.32 Å². The van der Waals surface area contributed by atoms with Crippen LogP contribution in [0.25, 0.3) is 0 Å². The number of allylic oxidation sites excluding steroid dienone is 1. The van der Waals surface area contributed by atoms with Gasteiger partial charge < -0.3 is 14.8 Å². The lowest BCUT2D eigenvalue weighted by Crippen LogP contribution is -2.67. The topological polar surface area (TPSA) is 81.7 Å². The number of fused-ring (bicyclic) bond motifs is 7. The third-order valence-electron chi connectivity index (χ3n) is 14.2. The van der Waals surface area contributed by atoms with E-state index in [0.29, 0.717) is 18.3 Å². The number of benzene rings is 1. The summed E-state index contributed by atoms with van der Waals surface area (Å²) >= 11 is 0. The molecule has 0 radical (unpaired) electrons. The number of rotatable bonds is 5. The predicted molar refractivity (Wildman–Crippen MR) is 175 cm³/mol. The number of hydrogen-bond donors (Lipinski definition) is 1. The number of carbonyl (C=O) groups excluding carboxylic acids is 3. The van der Waals surface area contributed by atoms with Crippen LogP contribution in [0.15, 0.2) is 41.5 Å². The molecule has 0 aromatic heterocycles. The molecule has 5 aliphatic carbocycles. The number of carbonyl (C=O) groups is 3. The number of ketones is 1. The number of esters is 1. The van der Waals surface area contributed by atoms with E-state index >= 15 is 0 Å². The van der Waals surface area contributed by atoms with Crippen LogP contribution in [0.4, 0.5) is 4.79 Å². The predicted octanol–water partition coefficient (Wildman–Crippen LogP) is 8.58. The average molecular weight is 618 g/mol. The van der Waals surface area contributed by atoms with Gasteiger partial charge in [0.25, 0.3) is 0 Å². The van der Waals surface area contributed by atoms with Gasteiger partial charge in [-0.3, -0.25) is 9.59 Å². The molecule has 1 aromatic rings. The van der Waals surface area contributed by atoms with Gasteiger partial charge in [-0.1, -0.05) is 78.8 Å². The Balaban J connectivity index is 1.32. The van der Waals surface area contributed by atoms with E-state index in [1.54, 1.807) is 6.92 Å². The Morgan fingerprint density at radius 2 is 1.60 bits per heavy atom. The minimum Gasteiger partial charge on any atom is -0.462 e. The van der Waals surface area contributed by atoms with Crippen LogP contribution in [0.1, 0.15) is 119 Å². The summed E-state index contributed by atoms with van der Waals surface area (Å²) in [5, 5.41) is 3.32. The quantitative estimate of drug-likeness (QED) is 0.335. The van der Waals surface area contributed by atoms with Gasteiger partial charge in [0.1, 0.15) is 12.7 Å². The van der Waals surface area contributed by atoms with Crippen molar-refractivity contribution in [3.8, 4) is 0 Å². The maximum atomic E-state index is 13.8. The van der Waals surface area contributed by atoms with Crippen molar-refractivity contribution in [2.24, 2.45) is 45.3 Å². The normalized spacial score (nSPS) is 40.2. The van der Waals surface area contributed by atoms with Crippen molar-refractivity contribution >= 4 is 17.8 Å². The molecule has 4 saturated carbocycles. The van der Waals surface area contributed by atoms with E-state index in [1.165, 1.54) is 5.57 Å². The average Bonchev–Trinajstić information content (AvgIpc) is 3.26. The third kappa shape index (κ3) is 4.82. The maximum absolute atomic E-state index is 13.8. The molecule has 1 amide bonds. The lowest BCUT2D eigenvalue weighted by molar-refractivity contribution is -0.231. The zero-order chi connectivity index (χ0) is 32.6. The van der Waals surface area contributed by atoms with Crippen molar-refractivity contribution in [2.75, 3.05) is 0 Å². The number of amides is 1. The molecule has 6 unspecified atom stereocenters. The van der Waals surface area contributed by atoms with Gasteiger partial charge in [0.05, 0.1) is 5.54 Å². The fourth-order valence-electron chi connectivity index (χ4n) is 12.1. The largest absolute Gasteiger partial charge is 0.462 e. The molecule has 6 nitrogen and oxygen atoms in total. The molecule has 1 aromatic carbocycles. The molecule has 0 spiro atoms. The summed E-state index contributed by atoms with van der Waals surface area (Å²) in [6.45, 7) is 18.3. The van der Waals surface area contributed by atoms with E-state index in [-0.39, 0.29) is 58.0 Å². The van der Waals surface area contributed by atoms with E-state index in [0.717, 1.165) is 62.5 Å². The Kier molecular flexibility index (Phi) is 7.88. The molecule has 1 N–H and O–H groups in total. The Morgan fingerprint density at radius 3 is 2.27 bits per heavy atom. The lowest BCUT2D eigenvalue weighted by Gasteiger charge is -2.72. The molecule has 6 heteroatoms. The molecule has 0 aliphatic heterocycles. The van der Waals surface area contributed by atoms with Crippen molar-refractivity contribution in [1.29, 1.82) is 0 Å². The second-order valence-corrected chi connectivity index (χ2v) is 16.9. The zero-order valence-electron chi connectivity index (χ0n) is 28.9. The van der Waals surface area contributed by atoms with Crippen molar-refractivity contribution in [2.45, 2.75) is 131 Å². The van der Waals surface area contributed by atoms with Gasteiger partial charge >= 0.3 is 12.1 Å². The number of alkyl carbamates (subject to hydrolysis) is 1. The molecule has 4 fully saturated rings. The van der Waals surface area contributed by atoms with E-state index < -0.39 is 11.6 Å². The molecule has 45 heavy (non-hydrogen) atoms. The van der Waals surface area contributed by atoms with Crippen LogP contribution in [0, 0.1) is 45.3 Å². The summed E-state index contributed by atoms with van der Waals surface area (Å²) in [4.78, 5) is 39.2. The van der Waals surface area contributed by atoms with Gasteiger partial charge in [-0.15, -0.1) is 0 Å². The minimum atomic E-state index is -0.664. The Bertz CT molecular complexity index is 1400. The first kappa shape index (κ1) is 32.3. The summed E-state index contributed by atoms with van der Waals surface area (Å²) in [6.07, 6.45) is 8.04. The summed E-state index contributed by atoms with van der Waals surface area (Å²) < 4.78 is 11.7. The Hall–Kier alpha value is -2.63. The van der Waals surface area contributed by atoms with Gasteiger partial charge in [0.15, 0.2) is 5.78 Å². The van der Waals surface area contributed by atoms with Crippen LogP contribution in [0.3, 0.4) is 0 Å². The minimum absolute atomic E-state index is 0.0139. The summed E-state index contributed by atoms with van der Waals surface area (Å²) in [5.74, 6) is 1.42. The van der Waals surface area contributed by atoms with Gasteiger partial charge in [-0.25, -0.2) is 4.79 Å². The van der Waals surface area contributed by atoms with Gasteiger partial charge in [0, 0.05) is 18.8 Å². The molecule has 5 aliphatic rings. The first-order valence-electron chi connectivity index (χ1n) is 17.5. The van der Waals surface area contributed by atoms with Crippen molar-refractivity contribution < 1.29 is 23.9 Å². The molecule has 6 rings (SSSR count). The number of ether oxygens (including phenoxy) is 2. The van der Waals surface area contributed by atoms with Gasteiger partial charge in [0.2, 0.25) is 0 Å². The SMILES string of the molecule is CC(=O)O[C@H]1CCC2(C)C(CCC3(C)C2CCC2C4=C(C(C)C)C(=O)CC4(NC(=O)OCc4ccccc4)CC[C@]23C)C1(C)C. The second-order valence-electron chi connectivity index (χ2n) is 16.9. The van der Waals surface area contributed by atoms with Crippen LogP contribution in [0.5, 0.6) is 0 Å². The highest BCUT2D eigenvalue weighted by Gasteiger charge is 2.70. The Morgan fingerprint density at radius 1 is 0.889 bits per heavy atom. The molecular formula is C39H55NO5. The molecule has 8 atom stereocenters. The maximum Gasteiger partial charge on any atom is 0.408 e. The van der Waals surface area contributed by atoms with Gasteiger partial charge in [-0.05, 0) is 108 Å². The van der Waals surface area contributed by atoms with Crippen molar-refractivity contribution in [3.05, 3.63) is 47.0 Å². The van der Waals surface area contributed by atoms with Crippen LogP contribution in [-0.2, 0) is 25.7 Å². The van der Waals surface area contributed by atoms with E-state index in [4.69, 9.17) is 9.47 Å². The van der Waals surface area contributed by atoms with E-state index in [1.807, 2.05) is 30.3 Å². The number of hydrogen-bond acceptors (Lipinski definition) is 5. The standard InChI is InChI=1S/C39H55NO5/c1-24(2)32-28(42)22-39(40-34(43)44-23-26-12-10-9-11-13-26)21-20-37(7)27(33(32)39)14-15-30-36(6)18-17-31(45-25(3)41)35(4,5)29(36)16-19-38(30,37)8/h9-13,24,27,29-31H,14-23H2,1-8H3,(H,40,43)/t27?,29?,30?,31-,36?,37+,38?,39?/m0/s1. The van der Waals surface area contributed by atoms with E-state index in [9.17, 15) is 14.4 Å². The third-order valence-corrected chi connectivity index (χ3v) is 14.2. The summed E-state index contributed by atoms with van der Waals surface area (Å²) in [7, 11) is 0. The summed E-state index contributed by atoms with van der Waals surface area (Å²) in [6, 6.07) is 9.75. The second kappa shape index (κ2) is 11.0. The van der Waals surface area contributed by atoms with Crippen molar-refractivity contribution in [3.63, 3.8) is 0 Å². The highest BCUT2D eigenvalue weighted by atomic mass is 16.5. The first-order chi connectivity index (χ1) is 21.1. The van der Waals surface area contributed by atoms with Crippen LogP contribution in [0.2, 0.25) is 0 Å². The van der Waals surface area contributed by atoms with Crippen LogP contribution >= 0.6 is 0 Å². The smallest absolute Gasteiger partial charge is 0.408 e. The molecule has 0 bridgehead atoms. The lowest BCUT2D eigenvalue weighted by atomic mass is 9.33. The first-order valence-corrected chi connectivity index (χ1v) is 17.5. The Labute approximate surface area is 270 Å². The number of nitrogens with one attached hydrogen (secondary N) is 1. The van der Waals surface area contributed by atoms with Gasteiger partial charge in [-0.2, -0.15) is 0 Å². The highest BCUT2D eigenvalue weighted by molar-refractivity contribution is 6.02. The highest BCUT2D eigenvalue weighted by Crippen LogP contribution is 2.75. The monoisotopic (exact) mass is 617 g/mol.